The summed E-state index contributed by atoms with van der Waals surface area (Å²) in [6.07, 6.45) is 0.397. The number of halogens is 2. The van der Waals surface area contributed by atoms with Crippen LogP contribution in [-0.2, 0) is 11.2 Å². The summed E-state index contributed by atoms with van der Waals surface area (Å²) in [6, 6.07) is 17.7. The highest BCUT2D eigenvalue weighted by molar-refractivity contribution is 6.31. The second-order valence-electron chi connectivity index (χ2n) is 5.72. The van der Waals surface area contributed by atoms with Gasteiger partial charge >= 0.3 is 0 Å². The Morgan fingerprint density at radius 3 is 2.24 bits per heavy atom. The molecule has 1 unspecified atom stereocenters. The van der Waals surface area contributed by atoms with E-state index in [1.807, 2.05) is 54.6 Å². The van der Waals surface area contributed by atoms with E-state index < -0.39 is 0 Å². The van der Waals surface area contributed by atoms with Gasteiger partial charge in [0, 0.05) is 11.6 Å². The first kappa shape index (κ1) is 21.5. The number of hydrogen-bond donors (Lipinski definition) is 1. The van der Waals surface area contributed by atoms with Gasteiger partial charge in [-0.3, -0.25) is 9.69 Å². The van der Waals surface area contributed by atoms with Crippen molar-refractivity contribution in [2.24, 2.45) is 0 Å². The zero-order chi connectivity index (χ0) is 17.4. The third-order valence-electron chi connectivity index (χ3n) is 4.22. The molecule has 0 saturated heterocycles. The molecule has 0 spiro atoms. The zero-order valence-electron chi connectivity index (χ0n) is 14.7. The lowest BCUT2D eigenvalue weighted by Crippen LogP contribution is -2.38. The molecule has 2 aromatic rings. The quantitative estimate of drug-likeness (QED) is 0.730. The molecule has 0 fully saturated rings. The topological polar surface area (TPSA) is 32.3 Å². The minimum absolute atomic E-state index is 0. The number of rotatable bonds is 8. The van der Waals surface area contributed by atoms with Gasteiger partial charge in [0.25, 0.3) is 0 Å². The van der Waals surface area contributed by atoms with E-state index in [-0.39, 0.29) is 24.4 Å². The number of carbonyl (C=O) groups is 1. The Hall–Kier alpha value is -1.55. The fourth-order valence-corrected chi connectivity index (χ4v) is 3.16. The van der Waals surface area contributed by atoms with Crippen LogP contribution in [0.1, 0.15) is 31.0 Å². The van der Waals surface area contributed by atoms with Gasteiger partial charge in [-0.1, -0.05) is 74.0 Å². The molecule has 0 aliphatic heterocycles. The third-order valence-corrected chi connectivity index (χ3v) is 4.56. The van der Waals surface area contributed by atoms with Crippen LogP contribution in [0.5, 0.6) is 0 Å². The molecule has 0 saturated carbocycles. The fourth-order valence-electron chi connectivity index (χ4n) is 2.90. The standard InChI is InChI=1S/C20H25ClN2O.ClH/c1-3-23(4-2)19(17-12-8-9-13-18(17)21)15-22-20(24)14-16-10-6-5-7-11-16;/h5-13,19H,3-4,14-15H2,1-2H3,(H,22,24);1H. The van der Waals surface area contributed by atoms with E-state index in [2.05, 4.69) is 24.1 Å². The van der Waals surface area contributed by atoms with E-state index in [9.17, 15) is 4.79 Å². The van der Waals surface area contributed by atoms with Gasteiger partial charge < -0.3 is 5.32 Å². The summed E-state index contributed by atoms with van der Waals surface area (Å²) in [5.41, 5.74) is 2.08. The fraction of sp³-hybridized carbons (Fsp3) is 0.350. The van der Waals surface area contributed by atoms with E-state index in [0.717, 1.165) is 29.2 Å². The number of likely N-dealkylation sites (N-methyl/N-ethyl adjacent to an activating group) is 1. The van der Waals surface area contributed by atoms with Gasteiger partial charge in [0.15, 0.2) is 0 Å². The Kier molecular flexibility index (Phi) is 9.58. The normalized spacial score (nSPS) is 11.7. The Labute approximate surface area is 161 Å². The van der Waals surface area contributed by atoms with Gasteiger partial charge in [0.2, 0.25) is 5.91 Å². The summed E-state index contributed by atoms with van der Waals surface area (Å²) in [7, 11) is 0. The summed E-state index contributed by atoms with van der Waals surface area (Å²) in [5.74, 6) is 0.0328. The largest absolute Gasteiger partial charge is 0.354 e. The van der Waals surface area contributed by atoms with Crippen LogP contribution in [0, 0.1) is 0 Å². The van der Waals surface area contributed by atoms with Gasteiger partial charge in [-0.2, -0.15) is 0 Å². The van der Waals surface area contributed by atoms with Crippen LogP contribution in [0.4, 0.5) is 0 Å². The van der Waals surface area contributed by atoms with Crippen LogP contribution in [0.25, 0.3) is 0 Å². The molecule has 0 radical (unpaired) electrons. The van der Waals surface area contributed by atoms with E-state index in [1.165, 1.54) is 0 Å². The molecule has 2 rings (SSSR count). The first-order valence-electron chi connectivity index (χ1n) is 8.44. The number of nitrogens with zero attached hydrogens (tertiary/aromatic N) is 1. The average molecular weight is 381 g/mol. The van der Waals surface area contributed by atoms with Crippen molar-refractivity contribution in [1.29, 1.82) is 0 Å². The molecule has 2 aromatic carbocycles. The molecule has 3 nitrogen and oxygen atoms in total. The predicted molar refractivity (Wildman–Crippen MR) is 108 cm³/mol. The van der Waals surface area contributed by atoms with Crippen molar-refractivity contribution >= 4 is 29.9 Å². The smallest absolute Gasteiger partial charge is 0.224 e. The van der Waals surface area contributed by atoms with Crippen molar-refractivity contribution in [3.05, 3.63) is 70.7 Å². The molecule has 5 heteroatoms. The second kappa shape index (κ2) is 11.1. The van der Waals surface area contributed by atoms with Crippen LogP contribution in [0.2, 0.25) is 5.02 Å². The summed E-state index contributed by atoms with van der Waals surface area (Å²) in [6.45, 7) is 6.61. The van der Waals surface area contributed by atoms with Gasteiger partial charge in [-0.15, -0.1) is 12.4 Å². The van der Waals surface area contributed by atoms with E-state index in [4.69, 9.17) is 11.6 Å². The third kappa shape index (κ3) is 6.35. The Morgan fingerprint density at radius 1 is 1.04 bits per heavy atom. The maximum Gasteiger partial charge on any atom is 0.224 e. The average Bonchev–Trinajstić information content (AvgIpc) is 2.60. The maximum atomic E-state index is 12.3. The van der Waals surface area contributed by atoms with Crippen molar-refractivity contribution in [3.63, 3.8) is 0 Å². The number of nitrogens with one attached hydrogen (secondary N) is 1. The highest BCUT2D eigenvalue weighted by Crippen LogP contribution is 2.26. The van der Waals surface area contributed by atoms with Crippen LogP contribution < -0.4 is 5.32 Å². The molecule has 1 amide bonds. The molecular formula is C20H26Cl2N2O. The van der Waals surface area contributed by atoms with E-state index in [1.54, 1.807) is 0 Å². The predicted octanol–water partition coefficient (Wildman–Crippen LogP) is 4.50. The number of carbonyl (C=O) groups excluding carboxylic acids is 1. The lowest BCUT2D eigenvalue weighted by Gasteiger charge is -2.31. The zero-order valence-corrected chi connectivity index (χ0v) is 16.3. The molecule has 0 aliphatic carbocycles. The summed E-state index contributed by atoms with van der Waals surface area (Å²) < 4.78 is 0. The monoisotopic (exact) mass is 380 g/mol. The summed E-state index contributed by atoms with van der Waals surface area (Å²) >= 11 is 6.38. The highest BCUT2D eigenvalue weighted by atomic mass is 35.5. The molecule has 0 aromatic heterocycles. The lowest BCUT2D eigenvalue weighted by molar-refractivity contribution is -0.120. The molecule has 0 aliphatic rings. The SMILES string of the molecule is CCN(CC)C(CNC(=O)Cc1ccccc1)c1ccccc1Cl.Cl. The molecule has 0 bridgehead atoms. The summed E-state index contributed by atoms with van der Waals surface area (Å²) in [4.78, 5) is 14.6. The van der Waals surface area contributed by atoms with Crippen LogP contribution in [-0.4, -0.2) is 30.4 Å². The lowest BCUT2D eigenvalue weighted by atomic mass is 10.0. The van der Waals surface area contributed by atoms with Crippen molar-refractivity contribution in [1.82, 2.24) is 10.2 Å². The Balaban J connectivity index is 0.00000312. The van der Waals surface area contributed by atoms with Crippen LogP contribution >= 0.6 is 24.0 Å². The Morgan fingerprint density at radius 2 is 1.64 bits per heavy atom. The maximum absolute atomic E-state index is 12.3. The molecule has 25 heavy (non-hydrogen) atoms. The highest BCUT2D eigenvalue weighted by Gasteiger charge is 2.20. The number of hydrogen-bond acceptors (Lipinski definition) is 2. The van der Waals surface area contributed by atoms with Crippen LogP contribution in [0.3, 0.4) is 0 Å². The van der Waals surface area contributed by atoms with E-state index in [0.29, 0.717) is 13.0 Å². The molecule has 1 N–H and O–H groups in total. The molecule has 0 heterocycles. The van der Waals surface area contributed by atoms with Crippen molar-refractivity contribution in [2.75, 3.05) is 19.6 Å². The van der Waals surface area contributed by atoms with Gasteiger partial charge in [-0.25, -0.2) is 0 Å². The summed E-state index contributed by atoms with van der Waals surface area (Å²) in [5, 5.41) is 3.81. The molecule has 136 valence electrons. The van der Waals surface area contributed by atoms with Crippen molar-refractivity contribution in [3.8, 4) is 0 Å². The van der Waals surface area contributed by atoms with Gasteiger partial charge in [0.1, 0.15) is 0 Å². The number of amides is 1. The first-order valence-corrected chi connectivity index (χ1v) is 8.82. The second-order valence-corrected chi connectivity index (χ2v) is 6.13. The minimum Gasteiger partial charge on any atom is -0.354 e. The van der Waals surface area contributed by atoms with Crippen molar-refractivity contribution in [2.45, 2.75) is 26.3 Å². The minimum atomic E-state index is 0. The van der Waals surface area contributed by atoms with E-state index >= 15 is 0 Å². The number of benzene rings is 2. The molecule has 1 atom stereocenters. The van der Waals surface area contributed by atoms with Gasteiger partial charge in [-0.05, 0) is 30.3 Å². The molecular weight excluding hydrogens is 355 g/mol. The first-order chi connectivity index (χ1) is 11.7. The van der Waals surface area contributed by atoms with Gasteiger partial charge in [0.05, 0.1) is 12.5 Å². The van der Waals surface area contributed by atoms with Crippen molar-refractivity contribution < 1.29 is 4.79 Å². The Bertz CT molecular complexity index is 645. The van der Waals surface area contributed by atoms with Crippen LogP contribution in [0.15, 0.2) is 54.6 Å².